The quantitative estimate of drug-likeness (QED) is 0.0900. The highest BCUT2D eigenvalue weighted by atomic mass is 16.5. The first-order valence-corrected chi connectivity index (χ1v) is 19.1. The molecule has 0 aromatic heterocycles. The summed E-state index contributed by atoms with van der Waals surface area (Å²) in [6, 6.07) is 52.8. The van der Waals surface area contributed by atoms with Gasteiger partial charge in [-0.3, -0.25) is 5.41 Å². The van der Waals surface area contributed by atoms with Gasteiger partial charge in [0.1, 0.15) is 11.9 Å². The average molecular weight is 726 g/mol. The first-order chi connectivity index (χ1) is 27.5. The van der Waals surface area contributed by atoms with E-state index in [1.807, 2.05) is 68.6 Å². The zero-order chi connectivity index (χ0) is 38.3. The Balaban J connectivity index is 1.02. The number of aliphatic imine (C=N–C) groups is 2. The molecule has 2 atom stereocenters. The number of nitrogens with one attached hydrogen (secondary N) is 1. The fourth-order valence-corrected chi connectivity index (χ4v) is 7.32. The molecule has 6 aromatic carbocycles. The van der Waals surface area contributed by atoms with E-state index >= 15 is 0 Å². The van der Waals surface area contributed by atoms with Gasteiger partial charge in [-0.05, 0) is 87.7 Å². The fraction of sp³-hybridized carbons (Fsp3) is 0.0962. The first kappa shape index (κ1) is 36.1. The maximum Gasteiger partial charge on any atom is 0.156 e. The van der Waals surface area contributed by atoms with Gasteiger partial charge in [0.15, 0.2) is 11.7 Å². The Bertz CT molecular complexity index is 2540. The molecule has 1 heterocycles. The summed E-state index contributed by atoms with van der Waals surface area (Å²) in [6.45, 7) is 3.97. The molecule has 0 saturated heterocycles. The van der Waals surface area contributed by atoms with E-state index in [0.29, 0.717) is 12.3 Å². The number of fused-ring (bicyclic) bond motifs is 3. The van der Waals surface area contributed by atoms with Crippen molar-refractivity contribution in [2.45, 2.75) is 32.3 Å². The second kappa shape index (κ2) is 16.6. The van der Waals surface area contributed by atoms with Crippen molar-refractivity contribution in [2.24, 2.45) is 9.98 Å². The number of hydrogen-bond donors (Lipinski definition) is 1. The lowest BCUT2D eigenvalue weighted by Gasteiger charge is -2.20. The third-order valence-electron chi connectivity index (χ3n) is 10.3. The summed E-state index contributed by atoms with van der Waals surface area (Å²) in [5, 5.41) is 9.30. The van der Waals surface area contributed by atoms with Gasteiger partial charge in [0.05, 0.1) is 0 Å². The van der Waals surface area contributed by atoms with E-state index in [1.54, 1.807) is 0 Å². The van der Waals surface area contributed by atoms with Gasteiger partial charge in [-0.25, -0.2) is 9.98 Å². The van der Waals surface area contributed by atoms with E-state index in [1.165, 1.54) is 33.4 Å². The minimum Gasteiger partial charge on any atom is -0.485 e. The molecular formula is C52H43N3O. The molecule has 272 valence electrons. The van der Waals surface area contributed by atoms with E-state index in [4.69, 9.17) is 14.7 Å². The first-order valence-electron chi connectivity index (χ1n) is 19.1. The van der Waals surface area contributed by atoms with Crippen molar-refractivity contribution in [1.82, 2.24) is 0 Å². The van der Waals surface area contributed by atoms with Gasteiger partial charge in [0, 0.05) is 29.7 Å². The fourth-order valence-electron chi connectivity index (χ4n) is 7.32. The lowest BCUT2D eigenvalue weighted by Crippen LogP contribution is -2.18. The molecule has 1 aliphatic heterocycles. The summed E-state index contributed by atoms with van der Waals surface area (Å²) >= 11 is 0. The molecule has 2 aliphatic rings. The second-order valence-electron chi connectivity index (χ2n) is 14.1. The van der Waals surface area contributed by atoms with Crippen molar-refractivity contribution in [1.29, 1.82) is 5.41 Å². The number of benzene rings is 6. The van der Waals surface area contributed by atoms with Gasteiger partial charge in [0.25, 0.3) is 0 Å². The molecule has 6 aromatic rings. The van der Waals surface area contributed by atoms with Crippen LogP contribution in [0.25, 0.3) is 39.0 Å². The van der Waals surface area contributed by atoms with Crippen LogP contribution >= 0.6 is 0 Å². The van der Waals surface area contributed by atoms with E-state index in [9.17, 15) is 5.41 Å². The summed E-state index contributed by atoms with van der Waals surface area (Å²) in [6.07, 6.45) is 14.9. The van der Waals surface area contributed by atoms with Crippen LogP contribution < -0.4 is 4.74 Å². The molecule has 0 spiro atoms. The predicted octanol–water partition coefficient (Wildman–Crippen LogP) is 12.7. The van der Waals surface area contributed by atoms with Gasteiger partial charge in [-0.2, -0.15) is 0 Å². The van der Waals surface area contributed by atoms with Crippen LogP contribution in [0.15, 0.2) is 204 Å². The standard InChI is InChI=1S/C52H43N3O/c1-3-4-13-36(2)52(54-33-32-37-22-24-41(25-23-37)44-19-11-18-43(34-44)39-16-9-6-10-17-39)55-51(53)46-20-12-21-49-50(46)47-35-45(30-31-48(47)56-49)42-28-26-40(27-29-42)38-14-7-5-8-15-38/h3-31,33-35,47-48,53H,32H2,1-2H3/b4-3-,36-13+,53-51?,54-33?,55-52?. The summed E-state index contributed by atoms with van der Waals surface area (Å²) < 4.78 is 6.42. The van der Waals surface area contributed by atoms with Gasteiger partial charge in [-0.15, -0.1) is 0 Å². The molecule has 0 bridgehead atoms. The highest BCUT2D eigenvalue weighted by Gasteiger charge is 2.36. The Labute approximate surface area is 329 Å². The zero-order valence-corrected chi connectivity index (χ0v) is 31.6. The van der Waals surface area contributed by atoms with Crippen LogP contribution in [-0.2, 0) is 6.42 Å². The number of amidine groups is 2. The molecule has 56 heavy (non-hydrogen) atoms. The Morgan fingerprint density at radius 2 is 1.27 bits per heavy atom. The lowest BCUT2D eigenvalue weighted by molar-refractivity contribution is 0.269. The van der Waals surface area contributed by atoms with Crippen molar-refractivity contribution in [3.63, 3.8) is 0 Å². The number of rotatable bonds is 9. The van der Waals surface area contributed by atoms with Crippen LogP contribution in [0.2, 0.25) is 0 Å². The van der Waals surface area contributed by atoms with E-state index in [-0.39, 0.29) is 17.9 Å². The Hall–Kier alpha value is -6.91. The van der Waals surface area contributed by atoms with Crippen LogP contribution in [0.1, 0.15) is 42.0 Å². The Morgan fingerprint density at radius 1 is 0.679 bits per heavy atom. The highest BCUT2D eigenvalue weighted by molar-refractivity contribution is 6.13. The van der Waals surface area contributed by atoms with Crippen molar-refractivity contribution in [3.05, 3.63) is 216 Å². The summed E-state index contributed by atoms with van der Waals surface area (Å²) in [7, 11) is 0. The van der Waals surface area contributed by atoms with Crippen LogP contribution in [0, 0.1) is 5.41 Å². The van der Waals surface area contributed by atoms with Crippen LogP contribution in [0.5, 0.6) is 5.75 Å². The molecule has 4 heteroatoms. The number of ether oxygens (including phenoxy) is 1. The normalized spacial score (nSPS) is 16.4. The number of allylic oxidation sites excluding steroid dienone is 5. The van der Waals surface area contributed by atoms with Gasteiger partial charge in [-0.1, -0.05) is 170 Å². The molecule has 0 saturated carbocycles. The summed E-state index contributed by atoms with van der Waals surface area (Å²) in [5.41, 5.74) is 13.2. The van der Waals surface area contributed by atoms with E-state index < -0.39 is 0 Å². The monoisotopic (exact) mass is 725 g/mol. The van der Waals surface area contributed by atoms with Crippen LogP contribution in [0.3, 0.4) is 0 Å². The molecule has 0 fully saturated rings. The molecule has 2 unspecified atom stereocenters. The SMILES string of the molecule is C/C=C\C=C(/C)C(N=CCc1ccc(-c2cccc(-c3ccccc3)c2)cc1)=NC(=N)c1cccc2c1C1C=C(c3ccc(-c4ccccc4)cc3)C=CC1O2. The zero-order valence-electron chi connectivity index (χ0n) is 31.6. The molecule has 0 radical (unpaired) electrons. The Morgan fingerprint density at radius 3 is 1.96 bits per heavy atom. The summed E-state index contributed by atoms with van der Waals surface area (Å²) in [5.74, 6) is 1.42. The maximum atomic E-state index is 9.30. The van der Waals surface area contributed by atoms with Crippen molar-refractivity contribution in [3.8, 4) is 39.1 Å². The van der Waals surface area contributed by atoms with Gasteiger partial charge in [0.2, 0.25) is 0 Å². The molecular weight excluding hydrogens is 683 g/mol. The number of hydrogen-bond acceptors (Lipinski definition) is 2. The van der Waals surface area contributed by atoms with Crippen molar-refractivity contribution < 1.29 is 4.74 Å². The van der Waals surface area contributed by atoms with E-state index in [0.717, 1.165) is 39.1 Å². The lowest BCUT2D eigenvalue weighted by atomic mass is 9.84. The summed E-state index contributed by atoms with van der Waals surface area (Å²) in [4.78, 5) is 9.70. The minimum atomic E-state index is -0.136. The van der Waals surface area contributed by atoms with Crippen molar-refractivity contribution >= 4 is 23.5 Å². The molecule has 4 nitrogen and oxygen atoms in total. The van der Waals surface area contributed by atoms with Crippen LogP contribution in [0.4, 0.5) is 0 Å². The highest BCUT2D eigenvalue weighted by Crippen LogP contribution is 2.45. The molecule has 0 amide bonds. The van der Waals surface area contributed by atoms with Gasteiger partial charge >= 0.3 is 0 Å². The largest absolute Gasteiger partial charge is 0.485 e. The predicted molar refractivity (Wildman–Crippen MR) is 235 cm³/mol. The number of nitrogens with zero attached hydrogens (tertiary/aromatic N) is 2. The molecule has 1 aliphatic carbocycles. The molecule has 1 N–H and O–H groups in total. The van der Waals surface area contributed by atoms with E-state index in [2.05, 4.69) is 140 Å². The third-order valence-corrected chi connectivity index (χ3v) is 10.3. The Kier molecular flexibility index (Phi) is 10.7. The molecule has 8 rings (SSSR count). The smallest absolute Gasteiger partial charge is 0.156 e. The average Bonchev–Trinajstić information content (AvgIpc) is 3.64. The topological polar surface area (TPSA) is 57.8 Å². The van der Waals surface area contributed by atoms with Crippen LogP contribution in [-0.4, -0.2) is 24.0 Å². The van der Waals surface area contributed by atoms with Gasteiger partial charge < -0.3 is 4.74 Å². The second-order valence-corrected chi connectivity index (χ2v) is 14.1. The third kappa shape index (κ3) is 7.96. The maximum absolute atomic E-state index is 9.30. The minimum absolute atomic E-state index is 0.0408. The van der Waals surface area contributed by atoms with Crippen molar-refractivity contribution in [2.75, 3.05) is 0 Å².